The second kappa shape index (κ2) is 5.92. The number of benzene rings is 1. The minimum atomic E-state index is -4.47. The maximum absolute atomic E-state index is 12.7. The molecule has 2 heterocycles. The molecule has 0 aliphatic rings. The van der Waals surface area contributed by atoms with Crippen molar-refractivity contribution in [2.75, 3.05) is 5.32 Å². The Kier molecular flexibility index (Phi) is 3.92. The number of halogens is 3. The molecule has 3 aromatic rings. The fraction of sp³-hybridized carbons (Fsp3) is 0.118. The van der Waals surface area contributed by atoms with Gasteiger partial charge in [-0.1, -0.05) is 6.07 Å². The SMILES string of the molecule is Cc1nc2ccncc2cc1C(=O)Nc1cccc(C(F)(F)F)c1. The first-order valence-corrected chi connectivity index (χ1v) is 7.04. The first-order valence-electron chi connectivity index (χ1n) is 7.04. The molecular weight excluding hydrogens is 319 g/mol. The monoisotopic (exact) mass is 331 g/mol. The van der Waals surface area contributed by atoms with Crippen LogP contribution in [0, 0.1) is 6.92 Å². The van der Waals surface area contributed by atoms with Crippen molar-refractivity contribution in [3.63, 3.8) is 0 Å². The molecule has 0 aliphatic heterocycles. The molecule has 0 unspecified atom stereocenters. The normalized spacial score (nSPS) is 11.5. The summed E-state index contributed by atoms with van der Waals surface area (Å²) < 4.78 is 38.2. The lowest BCUT2D eigenvalue weighted by atomic mass is 10.1. The molecule has 3 rings (SSSR count). The van der Waals surface area contributed by atoms with Gasteiger partial charge in [-0.3, -0.25) is 14.8 Å². The quantitative estimate of drug-likeness (QED) is 0.765. The molecule has 0 bridgehead atoms. The number of nitrogens with zero attached hydrogens (tertiary/aromatic N) is 2. The zero-order valence-corrected chi connectivity index (χ0v) is 12.6. The predicted molar refractivity (Wildman–Crippen MR) is 83.7 cm³/mol. The molecule has 1 amide bonds. The molecule has 2 aromatic heterocycles. The molecule has 1 N–H and O–H groups in total. The molecule has 0 atom stereocenters. The molecule has 1 aromatic carbocycles. The minimum absolute atomic E-state index is 0.0699. The third-order valence-electron chi connectivity index (χ3n) is 3.50. The van der Waals surface area contributed by atoms with E-state index in [1.807, 2.05) is 0 Å². The molecule has 0 aliphatic carbocycles. The summed E-state index contributed by atoms with van der Waals surface area (Å²) in [6.45, 7) is 1.67. The average molecular weight is 331 g/mol. The van der Waals surface area contributed by atoms with Gasteiger partial charge in [-0.25, -0.2) is 0 Å². The Bertz CT molecular complexity index is 922. The number of carbonyl (C=O) groups excluding carboxylic acids is 1. The van der Waals surface area contributed by atoms with E-state index in [4.69, 9.17) is 0 Å². The van der Waals surface area contributed by atoms with Gasteiger partial charge in [0.15, 0.2) is 0 Å². The standard InChI is InChI=1S/C17H12F3N3O/c1-10-14(7-11-9-21-6-5-15(11)22-10)16(24)23-13-4-2-3-12(8-13)17(18,19)20/h2-9H,1H3,(H,23,24). The third-order valence-corrected chi connectivity index (χ3v) is 3.50. The van der Waals surface area contributed by atoms with E-state index in [0.29, 0.717) is 16.6 Å². The molecule has 0 saturated heterocycles. The van der Waals surface area contributed by atoms with Crippen molar-refractivity contribution < 1.29 is 18.0 Å². The molecule has 0 spiro atoms. The van der Waals surface area contributed by atoms with Gasteiger partial charge in [0, 0.05) is 23.5 Å². The Balaban J connectivity index is 1.92. The molecular formula is C17H12F3N3O. The van der Waals surface area contributed by atoms with Crippen molar-refractivity contribution >= 4 is 22.5 Å². The molecule has 7 heteroatoms. The number of rotatable bonds is 2. The lowest BCUT2D eigenvalue weighted by Gasteiger charge is -2.11. The maximum atomic E-state index is 12.7. The van der Waals surface area contributed by atoms with Crippen LogP contribution in [0.2, 0.25) is 0 Å². The number of hydrogen-bond acceptors (Lipinski definition) is 3. The third kappa shape index (κ3) is 3.19. The van der Waals surface area contributed by atoms with Crippen LogP contribution in [-0.2, 0) is 6.18 Å². The second-order valence-corrected chi connectivity index (χ2v) is 5.22. The molecule has 122 valence electrons. The number of fused-ring (bicyclic) bond motifs is 1. The maximum Gasteiger partial charge on any atom is 0.416 e. The van der Waals surface area contributed by atoms with Gasteiger partial charge in [-0.05, 0) is 37.3 Å². The summed E-state index contributed by atoms with van der Waals surface area (Å²) in [5, 5.41) is 3.15. The van der Waals surface area contributed by atoms with Gasteiger partial charge in [-0.2, -0.15) is 13.2 Å². The summed E-state index contributed by atoms with van der Waals surface area (Å²) in [6, 6.07) is 7.82. The van der Waals surface area contributed by atoms with Gasteiger partial charge in [0.05, 0.1) is 22.3 Å². The largest absolute Gasteiger partial charge is 0.416 e. The first kappa shape index (κ1) is 15.9. The Morgan fingerprint density at radius 2 is 1.96 bits per heavy atom. The van der Waals surface area contributed by atoms with Crippen LogP contribution in [0.5, 0.6) is 0 Å². The van der Waals surface area contributed by atoms with E-state index in [9.17, 15) is 18.0 Å². The number of nitrogens with one attached hydrogen (secondary N) is 1. The fourth-order valence-electron chi connectivity index (χ4n) is 2.31. The van der Waals surface area contributed by atoms with Gasteiger partial charge in [0.1, 0.15) is 0 Å². The van der Waals surface area contributed by atoms with Crippen LogP contribution in [0.1, 0.15) is 21.6 Å². The van der Waals surface area contributed by atoms with Crippen LogP contribution < -0.4 is 5.32 Å². The van der Waals surface area contributed by atoms with Crippen molar-refractivity contribution in [3.05, 3.63) is 65.6 Å². The number of carbonyl (C=O) groups is 1. The second-order valence-electron chi connectivity index (χ2n) is 5.22. The van der Waals surface area contributed by atoms with E-state index < -0.39 is 17.6 Å². The van der Waals surface area contributed by atoms with Crippen molar-refractivity contribution in [2.45, 2.75) is 13.1 Å². The smallest absolute Gasteiger partial charge is 0.322 e. The lowest BCUT2D eigenvalue weighted by molar-refractivity contribution is -0.137. The molecule has 24 heavy (non-hydrogen) atoms. The number of aryl methyl sites for hydroxylation is 1. The minimum Gasteiger partial charge on any atom is -0.322 e. The van der Waals surface area contributed by atoms with Crippen LogP contribution in [0.4, 0.5) is 18.9 Å². The number of hydrogen-bond donors (Lipinski definition) is 1. The Morgan fingerprint density at radius 3 is 2.71 bits per heavy atom. The average Bonchev–Trinajstić information content (AvgIpc) is 2.53. The topological polar surface area (TPSA) is 54.9 Å². The highest BCUT2D eigenvalue weighted by Crippen LogP contribution is 2.30. The highest BCUT2D eigenvalue weighted by atomic mass is 19.4. The number of alkyl halides is 3. The Labute approximate surface area is 135 Å². The van der Waals surface area contributed by atoms with E-state index in [2.05, 4.69) is 15.3 Å². The number of pyridine rings is 2. The van der Waals surface area contributed by atoms with E-state index in [1.54, 1.807) is 31.5 Å². The van der Waals surface area contributed by atoms with Gasteiger partial charge in [0.2, 0.25) is 0 Å². The molecule has 0 fully saturated rings. The summed E-state index contributed by atoms with van der Waals surface area (Å²) in [7, 11) is 0. The van der Waals surface area contributed by atoms with E-state index >= 15 is 0 Å². The van der Waals surface area contributed by atoms with Crippen LogP contribution in [-0.4, -0.2) is 15.9 Å². The van der Waals surface area contributed by atoms with Gasteiger partial charge in [0.25, 0.3) is 5.91 Å². The van der Waals surface area contributed by atoms with E-state index in [0.717, 1.165) is 12.1 Å². The Hall–Kier alpha value is -2.96. The van der Waals surface area contributed by atoms with E-state index in [1.165, 1.54) is 12.1 Å². The highest BCUT2D eigenvalue weighted by molar-refractivity contribution is 6.06. The zero-order valence-electron chi connectivity index (χ0n) is 12.6. The highest BCUT2D eigenvalue weighted by Gasteiger charge is 2.30. The number of anilines is 1. The van der Waals surface area contributed by atoms with Crippen LogP contribution in [0.25, 0.3) is 10.9 Å². The number of amides is 1. The van der Waals surface area contributed by atoms with Gasteiger partial charge < -0.3 is 5.32 Å². The van der Waals surface area contributed by atoms with Crippen molar-refractivity contribution in [3.8, 4) is 0 Å². The first-order chi connectivity index (χ1) is 11.3. The van der Waals surface area contributed by atoms with Crippen LogP contribution in [0.3, 0.4) is 0 Å². The zero-order chi connectivity index (χ0) is 17.3. The van der Waals surface area contributed by atoms with E-state index in [-0.39, 0.29) is 11.3 Å². The lowest BCUT2D eigenvalue weighted by Crippen LogP contribution is -2.15. The Morgan fingerprint density at radius 1 is 1.17 bits per heavy atom. The fourth-order valence-corrected chi connectivity index (χ4v) is 2.31. The van der Waals surface area contributed by atoms with Crippen molar-refractivity contribution in [1.29, 1.82) is 0 Å². The van der Waals surface area contributed by atoms with Crippen molar-refractivity contribution in [1.82, 2.24) is 9.97 Å². The molecule has 4 nitrogen and oxygen atoms in total. The molecule has 0 saturated carbocycles. The summed E-state index contributed by atoms with van der Waals surface area (Å²) >= 11 is 0. The summed E-state index contributed by atoms with van der Waals surface area (Å²) in [5.41, 5.74) is 0.711. The van der Waals surface area contributed by atoms with Crippen LogP contribution in [0.15, 0.2) is 48.8 Å². The molecule has 0 radical (unpaired) electrons. The summed E-state index contributed by atoms with van der Waals surface area (Å²) in [6.07, 6.45) is -1.30. The van der Waals surface area contributed by atoms with Crippen LogP contribution >= 0.6 is 0 Å². The van der Waals surface area contributed by atoms with Gasteiger partial charge >= 0.3 is 6.18 Å². The van der Waals surface area contributed by atoms with Gasteiger partial charge in [-0.15, -0.1) is 0 Å². The summed E-state index contributed by atoms with van der Waals surface area (Å²) in [5.74, 6) is -0.523. The number of aromatic nitrogens is 2. The van der Waals surface area contributed by atoms with Crippen molar-refractivity contribution in [2.24, 2.45) is 0 Å². The predicted octanol–water partition coefficient (Wildman–Crippen LogP) is 4.21. The summed E-state index contributed by atoms with van der Waals surface area (Å²) in [4.78, 5) is 20.7.